The van der Waals surface area contributed by atoms with E-state index in [9.17, 15) is 13.2 Å². The number of benzene rings is 1. The summed E-state index contributed by atoms with van der Waals surface area (Å²) in [7, 11) is 0. The molecule has 3 aromatic rings. The average Bonchev–Trinajstić information content (AvgIpc) is 2.89. The van der Waals surface area contributed by atoms with Crippen molar-refractivity contribution < 1.29 is 13.2 Å². The van der Waals surface area contributed by atoms with E-state index in [1.54, 1.807) is 30.2 Å². The third-order valence-electron chi connectivity index (χ3n) is 3.39. The molecule has 0 atom stereocenters. The third-order valence-corrected chi connectivity index (χ3v) is 4.44. The molecule has 0 saturated carbocycles. The summed E-state index contributed by atoms with van der Waals surface area (Å²) in [5.41, 5.74) is 1.79. The van der Waals surface area contributed by atoms with Crippen molar-refractivity contribution >= 4 is 22.7 Å². The molecule has 1 aromatic carbocycles. The monoisotopic (exact) mass is 336 g/mol. The van der Waals surface area contributed by atoms with Gasteiger partial charge in [0, 0.05) is 44.7 Å². The van der Waals surface area contributed by atoms with E-state index < -0.39 is 11.7 Å². The highest BCUT2D eigenvalue weighted by Gasteiger charge is 2.30. The SMILES string of the molecule is CC(C)Sc1cnccc1-c1cc2cc(C(F)(F)F)ccc2[nH]1. The van der Waals surface area contributed by atoms with Crippen LogP contribution in [0.3, 0.4) is 0 Å². The maximum Gasteiger partial charge on any atom is 0.416 e. The van der Waals surface area contributed by atoms with Crippen LogP contribution in [-0.4, -0.2) is 15.2 Å². The van der Waals surface area contributed by atoms with E-state index in [-0.39, 0.29) is 0 Å². The molecule has 0 saturated heterocycles. The first-order chi connectivity index (χ1) is 10.8. The Morgan fingerprint density at radius 1 is 1.13 bits per heavy atom. The summed E-state index contributed by atoms with van der Waals surface area (Å²) in [6.45, 7) is 4.17. The zero-order valence-electron chi connectivity index (χ0n) is 12.6. The molecule has 0 bridgehead atoms. The van der Waals surface area contributed by atoms with Crippen molar-refractivity contribution in [3.8, 4) is 11.3 Å². The van der Waals surface area contributed by atoms with Crippen LogP contribution in [0.25, 0.3) is 22.2 Å². The van der Waals surface area contributed by atoms with Gasteiger partial charge in [0.15, 0.2) is 0 Å². The molecule has 0 radical (unpaired) electrons. The highest BCUT2D eigenvalue weighted by Crippen LogP contribution is 2.36. The molecule has 0 aliphatic rings. The zero-order valence-corrected chi connectivity index (χ0v) is 13.4. The number of nitrogens with one attached hydrogen (secondary N) is 1. The molecule has 2 aromatic heterocycles. The summed E-state index contributed by atoms with van der Waals surface area (Å²) in [5.74, 6) is 0. The van der Waals surface area contributed by atoms with Crippen LogP contribution in [0, 0.1) is 0 Å². The standard InChI is InChI=1S/C17H15F3N2S/c1-10(2)23-16-9-21-6-5-13(16)15-8-11-7-12(17(18,19)20)3-4-14(11)22-15/h3-10,22H,1-2H3. The number of alkyl halides is 3. The number of aromatic nitrogens is 2. The van der Waals surface area contributed by atoms with Crippen molar-refractivity contribution in [2.24, 2.45) is 0 Å². The minimum atomic E-state index is -4.33. The van der Waals surface area contributed by atoms with Gasteiger partial charge in [0.25, 0.3) is 0 Å². The fourth-order valence-corrected chi connectivity index (χ4v) is 3.34. The predicted molar refractivity (Wildman–Crippen MR) is 87.5 cm³/mol. The van der Waals surface area contributed by atoms with Gasteiger partial charge in [-0.3, -0.25) is 4.98 Å². The number of hydrogen-bond acceptors (Lipinski definition) is 2. The third kappa shape index (κ3) is 3.37. The number of pyridine rings is 1. The van der Waals surface area contributed by atoms with Crippen LogP contribution in [0.15, 0.2) is 47.6 Å². The summed E-state index contributed by atoms with van der Waals surface area (Å²) in [4.78, 5) is 8.34. The fourth-order valence-electron chi connectivity index (χ4n) is 2.40. The minimum absolute atomic E-state index is 0.388. The molecule has 23 heavy (non-hydrogen) atoms. The molecule has 2 nitrogen and oxygen atoms in total. The Morgan fingerprint density at radius 3 is 2.61 bits per heavy atom. The second-order valence-electron chi connectivity index (χ2n) is 5.52. The first kappa shape index (κ1) is 15.9. The summed E-state index contributed by atoms with van der Waals surface area (Å²) in [5, 5.41) is 0.936. The topological polar surface area (TPSA) is 28.7 Å². The summed E-state index contributed by atoms with van der Waals surface area (Å²) in [6.07, 6.45) is -0.861. The fraction of sp³-hybridized carbons (Fsp3) is 0.235. The van der Waals surface area contributed by atoms with Gasteiger partial charge < -0.3 is 4.98 Å². The minimum Gasteiger partial charge on any atom is -0.354 e. The lowest BCUT2D eigenvalue weighted by atomic mass is 10.1. The highest BCUT2D eigenvalue weighted by atomic mass is 32.2. The van der Waals surface area contributed by atoms with Gasteiger partial charge in [-0.25, -0.2) is 0 Å². The number of rotatable bonds is 3. The van der Waals surface area contributed by atoms with Crippen LogP contribution >= 0.6 is 11.8 Å². The van der Waals surface area contributed by atoms with Gasteiger partial charge in [0.1, 0.15) is 0 Å². The smallest absolute Gasteiger partial charge is 0.354 e. The molecule has 2 heterocycles. The molecule has 3 rings (SSSR count). The van der Waals surface area contributed by atoms with E-state index in [0.717, 1.165) is 22.2 Å². The Balaban J connectivity index is 2.08. The zero-order chi connectivity index (χ0) is 16.6. The Morgan fingerprint density at radius 2 is 1.91 bits per heavy atom. The molecule has 6 heteroatoms. The molecular weight excluding hydrogens is 321 g/mol. The summed E-state index contributed by atoms with van der Waals surface area (Å²) >= 11 is 1.67. The number of halogens is 3. The van der Waals surface area contributed by atoms with Gasteiger partial charge in [-0.05, 0) is 30.3 Å². The second-order valence-corrected chi connectivity index (χ2v) is 7.14. The molecule has 0 aliphatic heterocycles. The summed E-state index contributed by atoms with van der Waals surface area (Å²) < 4.78 is 38.5. The van der Waals surface area contributed by atoms with Gasteiger partial charge in [0.2, 0.25) is 0 Å². The number of aromatic amines is 1. The molecule has 120 valence electrons. The van der Waals surface area contributed by atoms with E-state index in [1.165, 1.54) is 12.1 Å². The number of fused-ring (bicyclic) bond motifs is 1. The van der Waals surface area contributed by atoms with Crippen molar-refractivity contribution in [2.45, 2.75) is 30.2 Å². The van der Waals surface area contributed by atoms with Gasteiger partial charge >= 0.3 is 6.18 Å². The first-order valence-corrected chi connectivity index (χ1v) is 8.03. The first-order valence-electron chi connectivity index (χ1n) is 7.15. The number of H-pyrrole nitrogens is 1. The van der Waals surface area contributed by atoms with Gasteiger partial charge in [-0.1, -0.05) is 13.8 Å². The normalized spacial score (nSPS) is 12.3. The average molecular weight is 336 g/mol. The maximum absolute atomic E-state index is 12.8. The van der Waals surface area contributed by atoms with Gasteiger partial charge in [-0.2, -0.15) is 13.2 Å². The number of hydrogen-bond donors (Lipinski definition) is 1. The molecule has 0 spiro atoms. The number of nitrogens with zero attached hydrogens (tertiary/aromatic N) is 1. The van der Waals surface area contributed by atoms with Crippen LogP contribution < -0.4 is 0 Å². The van der Waals surface area contributed by atoms with Crippen molar-refractivity contribution in [1.82, 2.24) is 9.97 Å². The molecule has 1 N–H and O–H groups in total. The molecule has 0 aliphatic carbocycles. The van der Waals surface area contributed by atoms with E-state index in [2.05, 4.69) is 23.8 Å². The Labute approximate surface area is 136 Å². The second kappa shape index (κ2) is 5.92. The summed E-state index contributed by atoms with van der Waals surface area (Å²) in [6, 6.07) is 7.37. The predicted octanol–water partition coefficient (Wildman–Crippen LogP) is 5.75. The number of thioether (sulfide) groups is 1. The molecule has 0 unspecified atom stereocenters. The van der Waals surface area contributed by atoms with E-state index in [1.807, 2.05) is 6.07 Å². The Kier molecular flexibility index (Phi) is 4.10. The van der Waals surface area contributed by atoms with Crippen LogP contribution in [0.1, 0.15) is 19.4 Å². The van der Waals surface area contributed by atoms with Crippen LogP contribution in [0.2, 0.25) is 0 Å². The van der Waals surface area contributed by atoms with Gasteiger partial charge in [0.05, 0.1) is 5.56 Å². The van der Waals surface area contributed by atoms with E-state index in [0.29, 0.717) is 16.2 Å². The maximum atomic E-state index is 12.8. The lowest BCUT2D eigenvalue weighted by Crippen LogP contribution is -2.03. The quantitative estimate of drug-likeness (QED) is 0.617. The highest BCUT2D eigenvalue weighted by molar-refractivity contribution is 8.00. The molecule has 0 fully saturated rings. The van der Waals surface area contributed by atoms with Crippen LogP contribution in [0.4, 0.5) is 13.2 Å². The Hall–Kier alpha value is -1.95. The van der Waals surface area contributed by atoms with Crippen molar-refractivity contribution in [3.05, 3.63) is 48.3 Å². The lowest BCUT2D eigenvalue weighted by Gasteiger charge is -2.09. The lowest BCUT2D eigenvalue weighted by molar-refractivity contribution is -0.137. The van der Waals surface area contributed by atoms with Crippen molar-refractivity contribution in [2.75, 3.05) is 0 Å². The Bertz CT molecular complexity index is 837. The van der Waals surface area contributed by atoms with Crippen LogP contribution in [-0.2, 0) is 6.18 Å². The largest absolute Gasteiger partial charge is 0.416 e. The van der Waals surface area contributed by atoms with Crippen LogP contribution in [0.5, 0.6) is 0 Å². The van der Waals surface area contributed by atoms with Gasteiger partial charge in [-0.15, -0.1) is 11.8 Å². The molecular formula is C17H15F3N2S. The molecule has 0 amide bonds. The van der Waals surface area contributed by atoms with Crippen molar-refractivity contribution in [3.63, 3.8) is 0 Å². The van der Waals surface area contributed by atoms with Crippen molar-refractivity contribution in [1.29, 1.82) is 0 Å². The van der Waals surface area contributed by atoms with E-state index in [4.69, 9.17) is 0 Å². The van der Waals surface area contributed by atoms with E-state index >= 15 is 0 Å².